The highest BCUT2D eigenvalue weighted by atomic mass is 16.1. The van der Waals surface area contributed by atoms with E-state index in [1.54, 1.807) is 6.92 Å². The Labute approximate surface area is 159 Å². The van der Waals surface area contributed by atoms with Crippen LogP contribution in [0.5, 0.6) is 0 Å². The summed E-state index contributed by atoms with van der Waals surface area (Å²) in [6.07, 6.45) is 0.449. The van der Waals surface area contributed by atoms with Gasteiger partial charge in [0.05, 0.1) is 0 Å². The van der Waals surface area contributed by atoms with Crippen LogP contribution in [0.25, 0.3) is 0 Å². The molecule has 0 fully saturated rings. The van der Waals surface area contributed by atoms with Gasteiger partial charge in [0.15, 0.2) is 5.78 Å². The van der Waals surface area contributed by atoms with Crippen molar-refractivity contribution in [3.05, 3.63) is 106 Å². The summed E-state index contributed by atoms with van der Waals surface area (Å²) in [4.78, 5) is 25.2. The molecule has 1 aliphatic rings. The third-order valence-electron chi connectivity index (χ3n) is 5.50. The van der Waals surface area contributed by atoms with Crippen molar-refractivity contribution >= 4 is 11.6 Å². The average molecular weight is 354 g/mol. The molecule has 0 bridgehead atoms. The summed E-state index contributed by atoms with van der Waals surface area (Å²) in [5, 5.41) is 0. The van der Waals surface area contributed by atoms with E-state index in [4.69, 9.17) is 0 Å². The molecule has 0 aromatic heterocycles. The van der Waals surface area contributed by atoms with Crippen LogP contribution in [-0.4, -0.2) is 11.6 Å². The molecule has 0 amide bonds. The van der Waals surface area contributed by atoms with Gasteiger partial charge in [-0.05, 0) is 30.5 Å². The second-order valence-corrected chi connectivity index (χ2v) is 7.40. The van der Waals surface area contributed by atoms with E-state index in [1.807, 2.05) is 48.5 Å². The minimum Gasteiger partial charge on any atom is -0.300 e. The van der Waals surface area contributed by atoms with Gasteiger partial charge in [-0.1, -0.05) is 78.4 Å². The number of ketones is 2. The molecule has 0 unspecified atom stereocenters. The molecule has 3 aromatic rings. The van der Waals surface area contributed by atoms with Gasteiger partial charge in [0.2, 0.25) is 0 Å². The number of carbonyl (C=O) groups excluding carboxylic acids is 2. The van der Waals surface area contributed by atoms with Gasteiger partial charge in [-0.2, -0.15) is 0 Å². The van der Waals surface area contributed by atoms with E-state index in [0.717, 1.165) is 27.8 Å². The Bertz CT molecular complexity index is 965. The second-order valence-electron chi connectivity index (χ2n) is 7.40. The molecule has 0 radical (unpaired) electrons. The minimum absolute atomic E-state index is 0.00139. The van der Waals surface area contributed by atoms with Crippen LogP contribution in [0.3, 0.4) is 0 Å². The Morgan fingerprint density at radius 2 is 1.37 bits per heavy atom. The molecule has 3 aromatic carbocycles. The predicted molar refractivity (Wildman–Crippen MR) is 107 cm³/mol. The molecule has 0 N–H and O–H groups in total. The lowest BCUT2D eigenvalue weighted by Gasteiger charge is -2.34. The monoisotopic (exact) mass is 354 g/mol. The van der Waals surface area contributed by atoms with Crippen molar-refractivity contribution in [2.24, 2.45) is 0 Å². The molecule has 27 heavy (non-hydrogen) atoms. The first-order valence-electron chi connectivity index (χ1n) is 9.35. The van der Waals surface area contributed by atoms with Crippen molar-refractivity contribution in [3.63, 3.8) is 0 Å². The van der Waals surface area contributed by atoms with E-state index < -0.39 is 0 Å². The number of aryl methyl sites for hydroxylation is 1. The Hall–Kier alpha value is -3.00. The lowest BCUT2D eigenvalue weighted by atomic mass is 9.68. The zero-order valence-corrected chi connectivity index (χ0v) is 15.6. The van der Waals surface area contributed by atoms with Crippen molar-refractivity contribution in [1.29, 1.82) is 0 Å². The molecule has 1 aliphatic carbocycles. The predicted octanol–water partition coefficient (Wildman–Crippen LogP) is 5.43. The topological polar surface area (TPSA) is 34.1 Å². The lowest BCUT2D eigenvalue weighted by Crippen LogP contribution is -2.25. The quantitative estimate of drug-likeness (QED) is 0.626. The molecule has 134 valence electrons. The summed E-state index contributed by atoms with van der Waals surface area (Å²) < 4.78 is 0. The highest BCUT2D eigenvalue weighted by Crippen LogP contribution is 2.46. The molecule has 2 nitrogen and oxygen atoms in total. The standard InChI is InChI=1S/C25H22O2/c1-16-11-13-18(14-12-16)23(15-17(2)26)24-19-7-3-5-9-21(19)25(27)22-10-6-4-8-20(22)24/h3-14,23-24H,15H2,1-2H3/t23-/m1/s1. The summed E-state index contributed by atoms with van der Waals surface area (Å²) in [6.45, 7) is 3.71. The zero-order chi connectivity index (χ0) is 19.0. The third kappa shape index (κ3) is 3.12. The SMILES string of the molecule is CC(=O)C[C@H](c1ccc(C)cc1)C1c2ccccc2C(=O)c2ccccc21. The zero-order valence-electron chi connectivity index (χ0n) is 15.6. The van der Waals surface area contributed by atoms with Crippen LogP contribution in [0.2, 0.25) is 0 Å². The first-order chi connectivity index (χ1) is 13.1. The molecular formula is C25H22O2. The van der Waals surface area contributed by atoms with Gasteiger partial charge < -0.3 is 4.79 Å². The number of hydrogen-bond donors (Lipinski definition) is 0. The third-order valence-corrected chi connectivity index (χ3v) is 5.50. The van der Waals surface area contributed by atoms with Crippen molar-refractivity contribution in [1.82, 2.24) is 0 Å². The smallest absolute Gasteiger partial charge is 0.193 e. The van der Waals surface area contributed by atoms with Crippen LogP contribution in [0.4, 0.5) is 0 Å². The molecule has 0 aliphatic heterocycles. The highest BCUT2D eigenvalue weighted by Gasteiger charge is 2.36. The van der Waals surface area contributed by atoms with Crippen LogP contribution < -0.4 is 0 Å². The summed E-state index contributed by atoms with van der Waals surface area (Å²) in [7, 11) is 0. The number of hydrogen-bond acceptors (Lipinski definition) is 2. The van der Waals surface area contributed by atoms with E-state index in [-0.39, 0.29) is 23.4 Å². The maximum absolute atomic E-state index is 13.0. The van der Waals surface area contributed by atoms with Gasteiger partial charge in [-0.3, -0.25) is 4.79 Å². The number of fused-ring (bicyclic) bond motifs is 2. The molecule has 2 heteroatoms. The van der Waals surface area contributed by atoms with Crippen LogP contribution >= 0.6 is 0 Å². The van der Waals surface area contributed by atoms with E-state index in [1.165, 1.54) is 5.56 Å². The largest absolute Gasteiger partial charge is 0.300 e. The number of Topliss-reactive ketones (excluding diaryl/α,β-unsaturated/α-hetero) is 1. The van der Waals surface area contributed by atoms with Crippen molar-refractivity contribution in [2.45, 2.75) is 32.1 Å². The average Bonchev–Trinajstić information content (AvgIpc) is 2.68. The maximum atomic E-state index is 13.0. The second kappa shape index (κ2) is 6.96. The molecular weight excluding hydrogens is 332 g/mol. The molecule has 0 saturated carbocycles. The van der Waals surface area contributed by atoms with E-state index in [9.17, 15) is 9.59 Å². The molecule has 0 heterocycles. The Kier molecular flexibility index (Phi) is 4.49. The van der Waals surface area contributed by atoms with Gasteiger partial charge >= 0.3 is 0 Å². The summed E-state index contributed by atoms with van der Waals surface area (Å²) in [5.74, 6) is 0.218. The Morgan fingerprint density at radius 1 is 0.852 bits per heavy atom. The Balaban J connectivity index is 1.94. The normalized spacial score (nSPS) is 14.4. The number of carbonyl (C=O) groups is 2. The fraction of sp³-hybridized carbons (Fsp3) is 0.200. The van der Waals surface area contributed by atoms with Crippen molar-refractivity contribution in [3.8, 4) is 0 Å². The first-order valence-corrected chi connectivity index (χ1v) is 9.35. The molecule has 0 saturated heterocycles. The van der Waals surface area contributed by atoms with Crippen molar-refractivity contribution < 1.29 is 9.59 Å². The number of benzene rings is 3. The van der Waals surface area contributed by atoms with E-state index in [2.05, 4.69) is 31.2 Å². The summed E-state index contributed by atoms with van der Waals surface area (Å²) >= 11 is 0. The molecule has 4 rings (SSSR count). The summed E-state index contributed by atoms with van der Waals surface area (Å²) in [5.41, 5.74) is 5.88. The Morgan fingerprint density at radius 3 is 1.89 bits per heavy atom. The molecule has 1 atom stereocenters. The highest BCUT2D eigenvalue weighted by molar-refractivity contribution is 6.12. The van der Waals surface area contributed by atoms with Crippen LogP contribution in [0, 0.1) is 6.92 Å². The van der Waals surface area contributed by atoms with Crippen molar-refractivity contribution in [2.75, 3.05) is 0 Å². The van der Waals surface area contributed by atoms with Gasteiger partial charge in [-0.15, -0.1) is 0 Å². The first kappa shape index (κ1) is 17.4. The van der Waals surface area contributed by atoms with Gasteiger partial charge in [0, 0.05) is 29.4 Å². The van der Waals surface area contributed by atoms with Gasteiger partial charge in [0.1, 0.15) is 5.78 Å². The van der Waals surface area contributed by atoms with E-state index >= 15 is 0 Å². The minimum atomic E-state index is -0.0123. The van der Waals surface area contributed by atoms with Crippen LogP contribution in [0.1, 0.15) is 63.4 Å². The summed E-state index contributed by atoms with van der Waals surface area (Å²) in [6, 6.07) is 24.1. The molecule has 0 spiro atoms. The number of rotatable bonds is 4. The fourth-order valence-corrected chi connectivity index (χ4v) is 4.25. The maximum Gasteiger partial charge on any atom is 0.193 e. The van der Waals surface area contributed by atoms with Gasteiger partial charge in [0.25, 0.3) is 0 Å². The van der Waals surface area contributed by atoms with Gasteiger partial charge in [-0.25, -0.2) is 0 Å². The fourth-order valence-electron chi connectivity index (χ4n) is 4.25. The lowest BCUT2D eigenvalue weighted by molar-refractivity contribution is -0.117. The van der Waals surface area contributed by atoms with E-state index in [0.29, 0.717) is 6.42 Å². The van der Waals surface area contributed by atoms with Crippen LogP contribution in [-0.2, 0) is 4.79 Å². The van der Waals surface area contributed by atoms with Crippen LogP contribution in [0.15, 0.2) is 72.8 Å².